The topological polar surface area (TPSA) is 123 Å². The normalized spacial score (nSPS) is 15.5. The number of hydrazone groups is 1. The molecule has 1 N–H and O–H groups in total. The molecule has 31 heavy (non-hydrogen) atoms. The summed E-state index contributed by atoms with van der Waals surface area (Å²) in [5.41, 5.74) is 4.14. The van der Waals surface area contributed by atoms with Gasteiger partial charge in [0.2, 0.25) is 10.0 Å². The molecule has 0 amide bonds. The molecule has 0 unspecified atom stereocenters. The largest absolute Gasteiger partial charge is 0.497 e. The monoisotopic (exact) mass is 448 g/mol. The quantitative estimate of drug-likeness (QED) is 0.374. The summed E-state index contributed by atoms with van der Waals surface area (Å²) in [6, 6.07) is 11.3. The van der Waals surface area contributed by atoms with Gasteiger partial charge in [-0.1, -0.05) is 12.1 Å². The highest BCUT2D eigenvalue weighted by Crippen LogP contribution is 2.29. The number of benzene rings is 2. The Morgan fingerprint density at radius 1 is 1.23 bits per heavy atom. The molecular weight excluding hydrogens is 424 g/mol. The molecule has 0 spiro atoms. The van der Waals surface area contributed by atoms with Crippen molar-refractivity contribution in [2.24, 2.45) is 5.10 Å². The average Bonchev–Trinajstić information content (AvgIpc) is 2.78. The molecule has 0 atom stereocenters. The number of nitro groups is 1. The van der Waals surface area contributed by atoms with Crippen LogP contribution in [-0.2, 0) is 21.2 Å². The fourth-order valence-electron chi connectivity index (χ4n) is 3.09. The number of nitrogens with zero attached hydrogens (tertiary/aromatic N) is 3. The van der Waals surface area contributed by atoms with E-state index in [4.69, 9.17) is 9.47 Å². The first-order valence-electron chi connectivity index (χ1n) is 9.59. The Bertz CT molecular complexity index is 1060. The minimum Gasteiger partial charge on any atom is -0.497 e. The number of nitrogens with one attached hydrogen (secondary N) is 1. The van der Waals surface area contributed by atoms with Crippen molar-refractivity contribution < 1.29 is 22.8 Å². The summed E-state index contributed by atoms with van der Waals surface area (Å²) in [6.45, 7) is 2.81. The maximum atomic E-state index is 12.8. The summed E-state index contributed by atoms with van der Waals surface area (Å²) >= 11 is 0. The van der Waals surface area contributed by atoms with E-state index in [1.165, 1.54) is 16.4 Å². The Balaban J connectivity index is 1.77. The van der Waals surface area contributed by atoms with E-state index in [9.17, 15) is 18.5 Å². The molecule has 0 aromatic heterocycles. The predicted octanol–water partition coefficient (Wildman–Crippen LogP) is 2.65. The fourth-order valence-corrected chi connectivity index (χ4v) is 4.52. The van der Waals surface area contributed by atoms with Crippen molar-refractivity contribution in [2.45, 2.75) is 18.2 Å². The fraction of sp³-hybridized carbons (Fsp3) is 0.350. The van der Waals surface area contributed by atoms with E-state index in [0.29, 0.717) is 25.3 Å². The lowest BCUT2D eigenvalue weighted by Gasteiger charge is -2.26. The second kappa shape index (κ2) is 9.86. The molecule has 0 aliphatic carbocycles. The summed E-state index contributed by atoms with van der Waals surface area (Å²) in [6.07, 6.45) is 0.536. The van der Waals surface area contributed by atoms with Gasteiger partial charge in [0.1, 0.15) is 11.4 Å². The zero-order valence-electron chi connectivity index (χ0n) is 17.3. The second-order valence-electron chi connectivity index (χ2n) is 6.94. The number of methoxy groups -OCH3 is 1. The molecular formula is C20H24N4O6S. The van der Waals surface area contributed by atoms with Crippen LogP contribution in [0.1, 0.15) is 12.5 Å². The first-order chi connectivity index (χ1) is 14.8. The van der Waals surface area contributed by atoms with Gasteiger partial charge >= 0.3 is 0 Å². The number of morpholine rings is 1. The first kappa shape index (κ1) is 22.7. The Kier molecular flexibility index (Phi) is 7.21. The molecule has 166 valence electrons. The van der Waals surface area contributed by atoms with Crippen molar-refractivity contribution in [1.82, 2.24) is 4.31 Å². The number of rotatable bonds is 8. The molecule has 1 aliphatic rings. The summed E-state index contributed by atoms with van der Waals surface area (Å²) in [7, 11) is -2.24. The van der Waals surface area contributed by atoms with Crippen LogP contribution in [0.4, 0.5) is 11.4 Å². The van der Waals surface area contributed by atoms with Gasteiger partial charge in [-0.05, 0) is 36.8 Å². The zero-order chi connectivity index (χ0) is 22.4. The molecule has 1 heterocycles. The smallest absolute Gasteiger partial charge is 0.295 e. The summed E-state index contributed by atoms with van der Waals surface area (Å²) in [5.74, 6) is 0.749. The first-order valence-corrected chi connectivity index (χ1v) is 11.0. The SMILES string of the molecule is COc1ccc(C/C(C)=N/Nc2ccc(S(=O)(=O)N3CCOCC3)cc2[N+](=O)[O-])cc1. The molecule has 0 radical (unpaired) electrons. The Hall–Kier alpha value is -3.02. The highest BCUT2D eigenvalue weighted by Gasteiger charge is 2.28. The standard InChI is InChI=1S/C20H24N4O6S/c1-15(13-16-3-5-17(29-2)6-4-16)21-22-19-8-7-18(14-20(19)24(25)26)31(27,28)23-9-11-30-12-10-23/h3-8,14,22H,9-13H2,1-2H3/b21-15+. The second-order valence-corrected chi connectivity index (χ2v) is 8.87. The van der Waals surface area contributed by atoms with Crippen LogP contribution in [0.5, 0.6) is 5.75 Å². The van der Waals surface area contributed by atoms with E-state index in [1.54, 1.807) is 14.0 Å². The van der Waals surface area contributed by atoms with Gasteiger partial charge in [-0.3, -0.25) is 15.5 Å². The lowest BCUT2D eigenvalue weighted by atomic mass is 10.1. The number of nitro benzene ring substituents is 1. The molecule has 2 aromatic carbocycles. The van der Waals surface area contributed by atoms with Crippen molar-refractivity contribution in [3.05, 3.63) is 58.1 Å². The van der Waals surface area contributed by atoms with Crippen LogP contribution < -0.4 is 10.2 Å². The summed E-state index contributed by atoms with van der Waals surface area (Å²) in [5, 5.41) is 15.8. The maximum Gasteiger partial charge on any atom is 0.295 e. The van der Waals surface area contributed by atoms with Crippen LogP contribution in [0, 0.1) is 10.1 Å². The van der Waals surface area contributed by atoms with Gasteiger partial charge < -0.3 is 9.47 Å². The minimum absolute atomic E-state index is 0.111. The van der Waals surface area contributed by atoms with Crippen molar-refractivity contribution in [2.75, 3.05) is 38.8 Å². The lowest BCUT2D eigenvalue weighted by Crippen LogP contribution is -2.40. The third-order valence-corrected chi connectivity index (χ3v) is 6.65. The van der Waals surface area contributed by atoms with E-state index in [2.05, 4.69) is 10.5 Å². The molecule has 1 fully saturated rings. The molecule has 0 saturated carbocycles. The number of hydrogen-bond donors (Lipinski definition) is 1. The third kappa shape index (κ3) is 5.57. The zero-order valence-corrected chi connectivity index (χ0v) is 18.1. The van der Waals surface area contributed by atoms with Gasteiger partial charge in [0, 0.05) is 31.3 Å². The Morgan fingerprint density at radius 2 is 1.90 bits per heavy atom. The molecule has 1 saturated heterocycles. The molecule has 3 rings (SSSR count). The van der Waals surface area contributed by atoms with Gasteiger partial charge in [0.05, 0.1) is 30.1 Å². The molecule has 10 nitrogen and oxygen atoms in total. The van der Waals surface area contributed by atoms with Crippen molar-refractivity contribution in [3.63, 3.8) is 0 Å². The van der Waals surface area contributed by atoms with Gasteiger partial charge in [0.15, 0.2) is 0 Å². The van der Waals surface area contributed by atoms with E-state index in [-0.39, 0.29) is 29.4 Å². The van der Waals surface area contributed by atoms with Crippen LogP contribution >= 0.6 is 0 Å². The Labute approximate surface area is 180 Å². The van der Waals surface area contributed by atoms with Crippen LogP contribution in [0.3, 0.4) is 0 Å². The number of hydrogen-bond acceptors (Lipinski definition) is 8. The van der Waals surface area contributed by atoms with Gasteiger partial charge in [-0.15, -0.1) is 0 Å². The van der Waals surface area contributed by atoms with Gasteiger partial charge in [0.25, 0.3) is 5.69 Å². The number of sulfonamides is 1. The molecule has 11 heteroatoms. The number of ether oxygens (including phenoxy) is 2. The summed E-state index contributed by atoms with van der Waals surface area (Å²) < 4.78 is 37.1. The average molecular weight is 449 g/mol. The molecule has 1 aliphatic heterocycles. The lowest BCUT2D eigenvalue weighted by molar-refractivity contribution is -0.384. The molecule has 2 aromatic rings. The van der Waals surface area contributed by atoms with Gasteiger partial charge in [-0.2, -0.15) is 9.41 Å². The van der Waals surface area contributed by atoms with Crippen molar-refractivity contribution >= 4 is 27.1 Å². The maximum absolute atomic E-state index is 12.8. The Morgan fingerprint density at radius 3 is 2.52 bits per heavy atom. The van der Waals surface area contributed by atoms with Crippen LogP contribution in [0.25, 0.3) is 0 Å². The minimum atomic E-state index is -3.84. The number of anilines is 1. The van der Waals surface area contributed by atoms with Crippen LogP contribution in [0.2, 0.25) is 0 Å². The third-order valence-electron chi connectivity index (χ3n) is 4.76. The van der Waals surface area contributed by atoms with E-state index in [1.807, 2.05) is 24.3 Å². The summed E-state index contributed by atoms with van der Waals surface area (Å²) in [4.78, 5) is 10.8. The predicted molar refractivity (Wildman–Crippen MR) is 116 cm³/mol. The van der Waals surface area contributed by atoms with E-state index in [0.717, 1.165) is 17.4 Å². The van der Waals surface area contributed by atoms with Gasteiger partial charge in [-0.25, -0.2) is 8.42 Å². The van der Waals surface area contributed by atoms with Crippen molar-refractivity contribution in [3.8, 4) is 5.75 Å². The van der Waals surface area contributed by atoms with Crippen molar-refractivity contribution in [1.29, 1.82) is 0 Å². The highest BCUT2D eigenvalue weighted by molar-refractivity contribution is 7.89. The van der Waals surface area contributed by atoms with Crippen LogP contribution in [0.15, 0.2) is 52.5 Å². The highest BCUT2D eigenvalue weighted by atomic mass is 32.2. The molecule has 0 bridgehead atoms. The van der Waals surface area contributed by atoms with E-state index >= 15 is 0 Å². The van der Waals surface area contributed by atoms with Crippen LogP contribution in [-0.4, -0.2) is 56.8 Å². The van der Waals surface area contributed by atoms with E-state index < -0.39 is 14.9 Å².